The quantitative estimate of drug-likeness (QED) is 0.441. The predicted molar refractivity (Wildman–Crippen MR) is 129 cm³/mol. The van der Waals surface area contributed by atoms with Crippen molar-refractivity contribution >= 4 is 40.0 Å². The predicted octanol–water partition coefficient (Wildman–Crippen LogP) is 2.52. The molecule has 1 aliphatic heterocycles. The van der Waals surface area contributed by atoms with Crippen LogP contribution in [0, 0.1) is 0 Å². The lowest BCUT2D eigenvalue weighted by Crippen LogP contribution is -2.48. The number of nitrogens with zero attached hydrogens (tertiary/aromatic N) is 4. The van der Waals surface area contributed by atoms with Gasteiger partial charge in [-0.1, -0.05) is 29.2 Å². The van der Waals surface area contributed by atoms with Crippen LogP contribution >= 0.6 is 23.1 Å². The fraction of sp³-hybridized carbons (Fsp3) is 0.364. The van der Waals surface area contributed by atoms with Crippen LogP contribution in [-0.2, 0) is 11.3 Å². The zero-order valence-electron chi connectivity index (χ0n) is 18.9. The number of piperazine rings is 1. The number of amides is 2. The second-order valence-corrected chi connectivity index (χ2v) is 9.49. The number of carbonyl (C=O) groups excluding carboxylic acids is 2. The van der Waals surface area contributed by atoms with Gasteiger partial charge in [-0.3, -0.25) is 9.59 Å². The van der Waals surface area contributed by atoms with Crippen LogP contribution in [0.2, 0.25) is 0 Å². The number of para-hydroxylation sites is 1. The summed E-state index contributed by atoms with van der Waals surface area (Å²) in [6.45, 7) is 2.74. The van der Waals surface area contributed by atoms with Crippen LogP contribution in [0.3, 0.4) is 0 Å². The van der Waals surface area contributed by atoms with Crippen molar-refractivity contribution in [1.82, 2.24) is 20.4 Å². The normalized spacial score (nSPS) is 13.6. The molecule has 1 N–H and O–H groups in total. The molecule has 2 aromatic heterocycles. The van der Waals surface area contributed by atoms with Crippen LogP contribution in [0.1, 0.15) is 16.1 Å². The molecule has 1 aromatic carbocycles. The van der Waals surface area contributed by atoms with Gasteiger partial charge in [0.2, 0.25) is 11.0 Å². The van der Waals surface area contributed by atoms with E-state index in [-0.39, 0.29) is 17.6 Å². The lowest BCUT2D eigenvalue weighted by Gasteiger charge is -2.34. The molecule has 1 fully saturated rings. The Bertz CT molecular complexity index is 1110. The second kappa shape index (κ2) is 11.3. The Kier molecular flexibility index (Phi) is 7.91. The van der Waals surface area contributed by atoms with Crippen molar-refractivity contribution in [2.24, 2.45) is 0 Å². The van der Waals surface area contributed by atoms with E-state index in [1.165, 1.54) is 30.2 Å². The smallest absolute Gasteiger partial charge is 0.257 e. The first-order valence-corrected chi connectivity index (χ1v) is 12.4. The third-order valence-corrected chi connectivity index (χ3v) is 7.35. The first-order valence-electron chi connectivity index (χ1n) is 10.6. The van der Waals surface area contributed by atoms with Gasteiger partial charge in [0, 0.05) is 26.2 Å². The van der Waals surface area contributed by atoms with Crippen LogP contribution in [0.4, 0.5) is 5.13 Å². The highest BCUT2D eigenvalue weighted by atomic mass is 32.2. The van der Waals surface area contributed by atoms with E-state index in [9.17, 15) is 9.59 Å². The molecule has 10 nitrogen and oxygen atoms in total. The minimum Gasteiger partial charge on any atom is -0.493 e. The Morgan fingerprint density at radius 1 is 1.12 bits per heavy atom. The lowest BCUT2D eigenvalue weighted by molar-refractivity contribution is -0.118. The molecule has 0 unspecified atom stereocenters. The maximum absolute atomic E-state index is 13.1. The Labute approximate surface area is 205 Å². The molecular weight excluding hydrogens is 478 g/mol. The molecule has 0 aliphatic carbocycles. The fourth-order valence-electron chi connectivity index (χ4n) is 3.49. The summed E-state index contributed by atoms with van der Waals surface area (Å²) < 4.78 is 16.6. The van der Waals surface area contributed by atoms with Gasteiger partial charge in [0.1, 0.15) is 5.76 Å². The number of nitrogens with one attached hydrogen (secondary N) is 1. The monoisotopic (exact) mass is 503 g/mol. The van der Waals surface area contributed by atoms with Crippen molar-refractivity contribution in [2.45, 2.75) is 10.9 Å². The summed E-state index contributed by atoms with van der Waals surface area (Å²) in [7, 11) is 3.08. The van der Waals surface area contributed by atoms with E-state index in [4.69, 9.17) is 13.9 Å². The van der Waals surface area contributed by atoms with Crippen LogP contribution in [0.5, 0.6) is 11.5 Å². The summed E-state index contributed by atoms with van der Waals surface area (Å²) in [6, 6.07) is 8.88. The Morgan fingerprint density at radius 3 is 2.65 bits per heavy atom. The van der Waals surface area contributed by atoms with Crippen molar-refractivity contribution in [3.05, 3.63) is 47.9 Å². The molecule has 4 rings (SSSR count). The number of hydrogen-bond donors (Lipinski definition) is 1. The summed E-state index contributed by atoms with van der Waals surface area (Å²) in [6.07, 6.45) is 1.57. The van der Waals surface area contributed by atoms with E-state index in [1.54, 1.807) is 42.5 Å². The number of aromatic nitrogens is 2. The highest BCUT2D eigenvalue weighted by Crippen LogP contribution is 2.32. The second-order valence-electron chi connectivity index (χ2n) is 7.32. The topological polar surface area (TPSA) is 110 Å². The summed E-state index contributed by atoms with van der Waals surface area (Å²) in [5, 5.41) is 12.1. The van der Waals surface area contributed by atoms with E-state index in [0.29, 0.717) is 55.5 Å². The molecule has 0 atom stereocenters. The third-order valence-electron chi connectivity index (χ3n) is 5.23. The molecule has 0 radical (unpaired) electrons. The molecule has 0 saturated carbocycles. The molecule has 0 bridgehead atoms. The first kappa shape index (κ1) is 23.9. The van der Waals surface area contributed by atoms with Gasteiger partial charge in [-0.2, -0.15) is 0 Å². The molecule has 3 heterocycles. The van der Waals surface area contributed by atoms with E-state index in [2.05, 4.69) is 20.4 Å². The van der Waals surface area contributed by atoms with Crippen LogP contribution < -0.4 is 19.7 Å². The van der Waals surface area contributed by atoms with E-state index in [0.717, 1.165) is 9.47 Å². The molecule has 180 valence electrons. The van der Waals surface area contributed by atoms with Crippen LogP contribution in [0.15, 0.2) is 45.4 Å². The Morgan fingerprint density at radius 2 is 1.94 bits per heavy atom. The van der Waals surface area contributed by atoms with Gasteiger partial charge in [-0.15, -0.1) is 10.2 Å². The van der Waals surface area contributed by atoms with E-state index < -0.39 is 0 Å². The number of rotatable bonds is 9. The number of furan rings is 1. The molecule has 2 amide bonds. The summed E-state index contributed by atoms with van der Waals surface area (Å²) in [5.74, 6) is 1.73. The number of hydrogen-bond acceptors (Lipinski definition) is 10. The van der Waals surface area contributed by atoms with Crippen molar-refractivity contribution in [3.8, 4) is 11.5 Å². The highest BCUT2D eigenvalue weighted by molar-refractivity contribution is 8.01. The Balaban J connectivity index is 1.27. The molecule has 0 spiro atoms. The average molecular weight is 504 g/mol. The van der Waals surface area contributed by atoms with Gasteiger partial charge in [0.05, 0.1) is 38.3 Å². The molecule has 1 saturated heterocycles. The molecule has 34 heavy (non-hydrogen) atoms. The minimum atomic E-state index is -0.0988. The number of benzene rings is 1. The van der Waals surface area contributed by atoms with Crippen molar-refractivity contribution in [2.75, 3.05) is 51.1 Å². The summed E-state index contributed by atoms with van der Waals surface area (Å²) in [4.78, 5) is 29.0. The maximum atomic E-state index is 13.1. The van der Waals surface area contributed by atoms with Gasteiger partial charge in [-0.05, 0) is 24.3 Å². The minimum absolute atomic E-state index is 0.0931. The zero-order chi connectivity index (χ0) is 23.9. The van der Waals surface area contributed by atoms with Crippen molar-refractivity contribution in [1.29, 1.82) is 0 Å². The van der Waals surface area contributed by atoms with E-state index in [1.807, 2.05) is 6.07 Å². The molecule has 1 aliphatic rings. The van der Waals surface area contributed by atoms with Gasteiger partial charge in [-0.25, -0.2) is 0 Å². The molecular formula is C22H25N5O5S2. The number of ether oxygens (including phenoxy) is 2. The SMILES string of the molecule is COc1cccc(C(=O)N2CCN(c3nnc(SCC(=O)NCc4ccco4)s3)CC2)c1OC. The van der Waals surface area contributed by atoms with Gasteiger partial charge < -0.3 is 29.0 Å². The number of thioether (sulfide) groups is 1. The van der Waals surface area contributed by atoms with Crippen LogP contribution in [0.25, 0.3) is 0 Å². The molecule has 12 heteroatoms. The number of anilines is 1. The molecule has 3 aromatic rings. The number of methoxy groups -OCH3 is 2. The first-order chi connectivity index (χ1) is 16.6. The third kappa shape index (κ3) is 5.62. The van der Waals surface area contributed by atoms with Crippen molar-refractivity contribution < 1.29 is 23.5 Å². The van der Waals surface area contributed by atoms with Crippen molar-refractivity contribution in [3.63, 3.8) is 0 Å². The van der Waals surface area contributed by atoms with Gasteiger partial charge in [0.25, 0.3) is 5.91 Å². The lowest BCUT2D eigenvalue weighted by atomic mass is 10.1. The zero-order valence-corrected chi connectivity index (χ0v) is 20.5. The standard InChI is InChI=1S/C22H25N5O5S2/c1-30-17-7-3-6-16(19(17)31-2)20(29)26-8-10-27(11-9-26)21-24-25-22(34-21)33-14-18(28)23-13-15-5-4-12-32-15/h3-7,12H,8-11,13-14H2,1-2H3,(H,23,28). The Hall–Kier alpha value is -3.25. The maximum Gasteiger partial charge on any atom is 0.257 e. The van der Waals surface area contributed by atoms with E-state index >= 15 is 0 Å². The van der Waals surface area contributed by atoms with Gasteiger partial charge in [0.15, 0.2) is 15.8 Å². The van der Waals surface area contributed by atoms with Crippen LogP contribution in [-0.4, -0.2) is 73.1 Å². The van der Waals surface area contributed by atoms with Gasteiger partial charge >= 0.3 is 0 Å². The largest absolute Gasteiger partial charge is 0.493 e. The summed E-state index contributed by atoms with van der Waals surface area (Å²) in [5.41, 5.74) is 0.482. The highest BCUT2D eigenvalue weighted by Gasteiger charge is 2.27. The number of carbonyl (C=O) groups is 2. The fourth-order valence-corrected chi connectivity index (χ4v) is 5.21. The summed E-state index contributed by atoms with van der Waals surface area (Å²) >= 11 is 2.79. The average Bonchev–Trinajstić information content (AvgIpc) is 3.58.